The van der Waals surface area contributed by atoms with Crippen LogP contribution in [0.1, 0.15) is 61.4 Å². The van der Waals surface area contributed by atoms with Crippen LogP contribution in [0, 0.1) is 5.92 Å². The standard InChI is InChI=1S/C33H40ClN3O5/c1-32(2,3)42-30(38)36-21-25-10-7-11-27(19-25)33(35,40)29-20-28(34)13-12-26(29)18-23-14-16-37(17-15-23)31(39)41-22-24-8-5-4-6-9-24/h4-13,19-20,23,40H,14-18,21-22,35H2,1-3H3,(H,36,38). The van der Waals surface area contributed by atoms with Gasteiger partial charge < -0.3 is 24.8 Å². The summed E-state index contributed by atoms with van der Waals surface area (Å²) in [5.74, 6) is 0.295. The maximum atomic E-state index is 12.6. The summed E-state index contributed by atoms with van der Waals surface area (Å²) in [6, 6.07) is 22.2. The number of ether oxygens (including phenoxy) is 2. The first-order valence-electron chi connectivity index (χ1n) is 14.2. The molecule has 3 aromatic rings. The SMILES string of the molecule is CC(C)(C)OC(=O)NCc1cccc(C(N)(O)c2cc(Cl)ccc2CC2CCN(C(=O)OCc3ccccc3)CC2)c1. The number of nitrogens with zero attached hydrogens (tertiary/aromatic N) is 1. The van der Waals surface area contributed by atoms with Crippen LogP contribution in [-0.4, -0.2) is 40.9 Å². The Bertz CT molecular complexity index is 1370. The van der Waals surface area contributed by atoms with E-state index in [0.29, 0.717) is 41.6 Å². The number of likely N-dealkylation sites (tertiary alicyclic amines) is 1. The van der Waals surface area contributed by atoms with E-state index in [2.05, 4.69) is 5.32 Å². The van der Waals surface area contributed by atoms with E-state index in [1.165, 1.54) is 0 Å². The molecule has 1 atom stereocenters. The molecule has 3 aromatic carbocycles. The summed E-state index contributed by atoms with van der Waals surface area (Å²) in [5.41, 5.74) is 7.80. The maximum absolute atomic E-state index is 12.6. The average Bonchev–Trinajstić information content (AvgIpc) is 2.96. The Morgan fingerprint density at radius 3 is 2.38 bits per heavy atom. The van der Waals surface area contributed by atoms with Gasteiger partial charge in [-0.15, -0.1) is 0 Å². The first-order chi connectivity index (χ1) is 19.9. The van der Waals surface area contributed by atoms with Gasteiger partial charge in [0.15, 0.2) is 5.72 Å². The van der Waals surface area contributed by atoms with E-state index >= 15 is 0 Å². The number of piperidine rings is 1. The molecule has 1 unspecified atom stereocenters. The van der Waals surface area contributed by atoms with Gasteiger partial charge in [-0.3, -0.25) is 5.73 Å². The quantitative estimate of drug-likeness (QED) is 0.272. The van der Waals surface area contributed by atoms with Gasteiger partial charge in [0.1, 0.15) is 12.2 Å². The average molecular weight is 594 g/mol. The molecule has 42 heavy (non-hydrogen) atoms. The molecule has 224 valence electrons. The second-order valence-corrected chi connectivity index (χ2v) is 12.2. The zero-order valence-electron chi connectivity index (χ0n) is 24.4. The molecule has 0 radical (unpaired) electrons. The fraction of sp³-hybridized carbons (Fsp3) is 0.394. The predicted molar refractivity (Wildman–Crippen MR) is 163 cm³/mol. The Balaban J connectivity index is 1.39. The molecule has 0 aromatic heterocycles. The van der Waals surface area contributed by atoms with Gasteiger partial charge in [0.05, 0.1) is 0 Å². The number of benzene rings is 3. The highest BCUT2D eigenvalue weighted by Crippen LogP contribution is 2.33. The molecule has 4 N–H and O–H groups in total. The first-order valence-corrected chi connectivity index (χ1v) is 14.6. The number of nitrogens with two attached hydrogens (primary N) is 1. The van der Waals surface area contributed by atoms with Crippen molar-refractivity contribution in [3.8, 4) is 0 Å². The van der Waals surface area contributed by atoms with Crippen LogP contribution in [0.15, 0.2) is 72.8 Å². The lowest BCUT2D eigenvalue weighted by Crippen LogP contribution is -2.40. The fourth-order valence-electron chi connectivity index (χ4n) is 5.09. The first kappa shape index (κ1) is 31.3. The van der Waals surface area contributed by atoms with Crippen LogP contribution in [0.3, 0.4) is 0 Å². The number of halogens is 1. The van der Waals surface area contributed by atoms with Gasteiger partial charge >= 0.3 is 12.2 Å². The number of carbonyl (C=O) groups is 2. The lowest BCUT2D eigenvalue weighted by molar-refractivity contribution is 0.0523. The molecule has 0 saturated carbocycles. The molecule has 1 saturated heterocycles. The van der Waals surface area contributed by atoms with Crippen LogP contribution in [0.5, 0.6) is 0 Å². The number of nitrogens with one attached hydrogen (secondary N) is 1. The van der Waals surface area contributed by atoms with E-state index in [-0.39, 0.29) is 19.2 Å². The minimum atomic E-state index is -1.82. The van der Waals surface area contributed by atoms with E-state index in [1.807, 2.05) is 42.5 Å². The Kier molecular flexibility index (Phi) is 10.1. The number of hydrogen-bond donors (Lipinski definition) is 3. The lowest BCUT2D eigenvalue weighted by Gasteiger charge is -2.33. The molecule has 4 rings (SSSR count). The third-order valence-corrected chi connectivity index (χ3v) is 7.51. The smallest absolute Gasteiger partial charge is 0.410 e. The molecule has 0 spiro atoms. The second-order valence-electron chi connectivity index (χ2n) is 11.8. The van der Waals surface area contributed by atoms with E-state index < -0.39 is 17.4 Å². The number of rotatable bonds is 8. The van der Waals surface area contributed by atoms with E-state index in [1.54, 1.807) is 56.0 Å². The molecule has 9 heteroatoms. The van der Waals surface area contributed by atoms with Crippen LogP contribution in [0.4, 0.5) is 9.59 Å². The fourth-order valence-corrected chi connectivity index (χ4v) is 5.26. The molecule has 0 bridgehead atoms. The van der Waals surface area contributed by atoms with Crippen molar-refractivity contribution in [1.82, 2.24) is 10.2 Å². The van der Waals surface area contributed by atoms with Crippen LogP contribution in [-0.2, 0) is 34.8 Å². The normalized spacial score (nSPS) is 15.5. The van der Waals surface area contributed by atoms with Crippen molar-refractivity contribution >= 4 is 23.8 Å². The number of amides is 2. The van der Waals surface area contributed by atoms with Gasteiger partial charge in [0.25, 0.3) is 0 Å². The molecular formula is C33H40ClN3O5. The van der Waals surface area contributed by atoms with Crippen molar-refractivity contribution in [1.29, 1.82) is 0 Å². The summed E-state index contributed by atoms with van der Waals surface area (Å²) in [4.78, 5) is 26.5. The zero-order valence-corrected chi connectivity index (χ0v) is 25.2. The molecule has 0 aliphatic carbocycles. The predicted octanol–water partition coefficient (Wildman–Crippen LogP) is 6.11. The van der Waals surface area contributed by atoms with Crippen molar-refractivity contribution in [2.75, 3.05) is 13.1 Å². The summed E-state index contributed by atoms with van der Waals surface area (Å²) in [6.07, 6.45) is 1.46. The molecule has 1 aliphatic rings. The summed E-state index contributed by atoms with van der Waals surface area (Å²) in [6.45, 7) is 7.06. The molecule has 8 nitrogen and oxygen atoms in total. The van der Waals surface area contributed by atoms with Crippen LogP contribution >= 0.6 is 11.6 Å². The van der Waals surface area contributed by atoms with Gasteiger partial charge in [-0.1, -0.05) is 66.2 Å². The minimum absolute atomic E-state index is 0.216. The number of carbonyl (C=O) groups excluding carboxylic acids is 2. The van der Waals surface area contributed by atoms with E-state index in [4.69, 9.17) is 26.8 Å². The van der Waals surface area contributed by atoms with Gasteiger partial charge in [-0.2, -0.15) is 0 Å². The third-order valence-electron chi connectivity index (χ3n) is 7.27. The zero-order chi connectivity index (χ0) is 30.3. The maximum Gasteiger partial charge on any atom is 0.410 e. The summed E-state index contributed by atoms with van der Waals surface area (Å²) in [7, 11) is 0. The van der Waals surface area contributed by atoms with Crippen molar-refractivity contribution in [3.05, 3.63) is 106 Å². The monoisotopic (exact) mass is 593 g/mol. The van der Waals surface area contributed by atoms with Crippen molar-refractivity contribution in [2.45, 2.75) is 64.5 Å². The summed E-state index contributed by atoms with van der Waals surface area (Å²) >= 11 is 6.36. The number of alkyl carbamates (subject to hydrolysis) is 1. The Morgan fingerprint density at radius 1 is 1.00 bits per heavy atom. The lowest BCUT2D eigenvalue weighted by atomic mass is 9.84. The number of aliphatic hydroxyl groups is 1. The topological polar surface area (TPSA) is 114 Å². The Labute approximate surface area is 252 Å². The van der Waals surface area contributed by atoms with Crippen molar-refractivity contribution in [3.63, 3.8) is 0 Å². The van der Waals surface area contributed by atoms with Crippen LogP contribution in [0.2, 0.25) is 5.02 Å². The molecular weight excluding hydrogens is 554 g/mol. The van der Waals surface area contributed by atoms with Gasteiger partial charge in [-0.25, -0.2) is 9.59 Å². The summed E-state index contributed by atoms with van der Waals surface area (Å²) in [5, 5.41) is 14.9. The minimum Gasteiger partial charge on any atom is -0.445 e. The summed E-state index contributed by atoms with van der Waals surface area (Å²) < 4.78 is 10.8. The molecule has 1 heterocycles. The van der Waals surface area contributed by atoms with Crippen LogP contribution < -0.4 is 11.1 Å². The van der Waals surface area contributed by atoms with Gasteiger partial charge in [0, 0.05) is 35.8 Å². The third kappa shape index (κ3) is 8.71. The van der Waals surface area contributed by atoms with E-state index in [9.17, 15) is 14.7 Å². The Morgan fingerprint density at radius 2 is 1.69 bits per heavy atom. The highest BCUT2D eigenvalue weighted by atomic mass is 35.5. The van der Waals surface area contributed by atoms with E-state index in [0.717, 1.165) is 29.5 Å². The van der Waals surface area contributed by atoms with Gasteiger partial charge in [-0.05, 0) is 80.8 Å². The molecule has 2 amide bonds. The van der Waals surface area contributed by atoms with Crippen molar-refractivity contribution in [2.24, 2.45) is 11.7 Å². The molecule has 1 fully saturated rings. The highest BCUT2D eigenvalue weighted by Gasteiger charge is 2.32. The van der Waals surface area contributed by atoms with Gasteiger partial charge in [0.2, 0.25) is 0 Å². The second kappa shape index (κ2) is 13.6. The van der Waals surface area contributed by atoms with Crippen LogP contribution in [0.25, 0.3) is 0 Å². The number of hydrogen-bond acceptors (Lipinski definition) is 6. The van der Waals surface area contributed by atoms with Crippen molar-refractivity contribution < 1.29 is 24.2 Å². The Hall–Kier alpha value is -3.59. The molecule has 1 aliphatic heterocycles. The highest BCUT2D eigenvalue weighted by molar-refractivity contribution is 6.30. The largest absolute Gasteiger partial charge is 0.445 e.